The number of nitrogens with two attached hydrogens (primary N) is 1. The van der Waals surface area contributed by atoms with E-state index in [2.05, 4.69) is 10.1 Å². The Morgan fingerprint density at radius 1 is 1.29 bits per heavy atom. The Labute approximate surface area is 84.0 Å². The summed E-state index contributed by atoms with van der Waals surface area (Å²) in [7, 11) is 1.29. The Morgan fingerprint density at radius 2 is 1.79 bits per heavy atom. The fourth-order valence-electron chi connectivity index (χ4n) is 0.909. The molecule has 82 valence electrons. The summed E-state index contributed by atoms with van der Waals surface area (Å²) < 4.78 is 4.56. The minimum Gasteiger partial charge on any atom is -0.467 e. The van der Waals surface area contributed by atoms with Gasteiger partial charge in [-0.25, -0.2) is 4.79 Å². The van der Waals surface area contributed by atoms with E-state index < -0.39 is 18.1 Å². The first-order valence-electron chi connectivity index (χ1n) is 4.54. The van der Waals surface area contributed by atoms with E-state index in [-0.39, 0.29) is 11.8 Å². The first-order chi connectivity index (χ1) is 6.40. The van der Waals surface area contributed by atoms with Gasteiger partial charge in [0, 0.05) is 0 Å². The summed E-state index contributed by atoms with van der Waals surface area (Å²) in [4.78, 5) is 22.5. The van der Waals surface area contributed by atoms with Gasteiger partial charge in [0.1, 0.15) is 6.04 Å². The van der Waals surface area contributed by atoms with Crippen molar-refractivity contribution in [1.29, 1.82) is 0 Å². The molecule has 0 aromatic rings. The van der Waals surface area contributed by atoms with Gasteiger partial charge in [-0.1, -0.05) is 13.8 Å². The summed E-state index contributed by atoms with van der Waals surface area (Å²) in [6, 6.07) is -1.25. The average Bonchev–Trinajstić information content (AvgIpc) is 2.11. The highest BCUT2D eigenvalue weighted by molar-refractivity contribution is 5.87. The Balaban J connectivity index is 4.38. The van der Waals surface area contributed by atoms with Crippen molar-refractivity contribution in [3.8, 4) is 0 Å². The Hall–Kier alpha value is -1.10. The van der Waals surface area contributed by atoms with E-state index in [0.717, 1.165) is 0 Å². The minimum absolute atomic E-state index is 0.0230. The van der Waals surface area contributed by atoms with Crippen LogP contribution >= 0.6 is 0 Å². The average molecular weight is 202 g/mol. The van der Waals surface area contributed by atoms with Crippen LogP contribution in [-0.4, -0.2) is 31.1 Å². The predicted molar refractivity (Wildman–Crippen MR) is 52.4 cm³/mol. The van der Waals surface area contributed by atoms with Crippen molar-refractivity contribution >= 4 is 11.9 Å². The van der Waals surface area contributed by atoms with E-state index in [1.807, 2.05) is 13.8 Å². The lowest BCUT2D eigenvalue weighted by Gasteiger charge is -2.20. The van der Waals surface area contributed by atoms with Crippen LogP contribution in [0.2, 0.25) is 0 Å². The second kappa shape index (κ2) is 5.59. The molecule has 0 radical (unpaired) electrons. The highest BCUT2D eigenvalue weighted by atomic mass is 16.5. The van der Waals surface area contributed by atoms with Gasteiger partial charge < -0.3 is 15.8 Å². The number of hydrogen-bond acceptors (Lipinski definition) is 4. The Kier molecular flexibility index (Phi) is 5.15. The lowest BCUT2D eigenvalue weighted by molar-refractivity contribution is -0.146. The zero-order valence-electron chi connectivity index (χ0n) is 9.03. The van der Waals surface area contributed by atoms with Gasteiger partial charge in [0.2, 0.25) is 5.91 Å². The number of methoxy groups -OCH3 is 1. The summed E-state index contributed by atoms with van der Waals surface area (Å²) in [6.07, 6.45) is 0. The molecular weight excluding hydrogens is 184 g/mol. The molecule has 0 aliphatic rings. The van der Waals surface area contributed by atoms with Crippen LogP contribution in [0.5, 0.6) is 0 Å². The summed E-state index contributed by atoms with van der Waals surface area (Å²) >= 11 is 0. The number of esters is 1. The molecule has 0 saturated heterocycles. The van der Waals surface area contributed by atoms with E-state index in [4.69, 9.17) is 5.73 Å². The molecule has 0 aliphatic heterocycles. The topological polar surface area (TPSA) is 81.4 Å². The fraction of sp³-hybridized carbons (Fsp3) is 0.778. The molecule has 0 aromatic carbocycles. The van der Waals surface area contributed by atoms with E-state index in [9.17, 15) is 9.59 Å². The third-order valence-electron chi connectivity index (χ3n) is 1.83. The molecule has 0 rings (SSSR count). The van der Waals surface area contributed by atoms with E-state index >= 15 is 0 Å². The highest BCUT2D eigenvalue weighted by Crippen LogP contribution is 2.03. The largest absolute Gasteiger partial charge is 0.467 e. The number of carbonyl (C=O) groups excluding carboxylic acids is 2. The van der Waals surface area contributed by atoms with Gasteiger partial charge in [-0.15, -0.1) is 0 Å². The van der Waals surface area contributed by atoms with Crippen molar-refractivity contribution in [2.75, 3.05) is 7.11 Å². The normalized spacial score (nSPS) is 14.7. The van der Waals surface area contributed by atoms with Crippen molar-refractivity contribution in [3.05, 3.63) is 0 Å². The standard InChI is InChI=1S/C9H18N2O3/c1-5(2)7(9(13)14-4)11-8(12)6(3)10/h5-7H,10H2,1-4H3,(H,11,12)/t6-,7-/m1/s1. The maximum atomic E-state index is 11.2. The van der Waals surface area contributed by atoms with Crippen molar-refractivity contribution in [1.82, 2.24) is 5.32 Å². The lowest BCUT2D eigenvalue weighted by atomic mass is 10.0. The highest BCUT2D eigenvalue weighted by Gasteiger charge is 2.25. The number of ether oxygens (including phenoxy) is 1. The van der Waals surface area contributed by atoms with E-state index in [1.165, 1.54) is 7.11 Å². The summed E-state index contributed by atoms with van der Waals surface area (Å²) in [5.41, 5.74) is 5.36. The molecule has 0 aromatic heterocycles. The Bertz CT molecular complexity index is 214. The second-order valence-corrected chi connectivity index (χ2v) is 3.54. The molecule has 0 fully saturated rings. The van der Waals surface area contributed by atoms with E-state index in [1.54, 1.807) is 6.92 Å². The quantitative estimate of drug-likeness (QED) is 0.610. The molecule has 0 aliphatic carbocycles. The fourth-order valence-corrected chi connectivity index (χ4v) is 0.909. The molecule has 0 spiro atoms. The third-order valence-corrected chi connectivity index (χ3v) is 1.83. The predicted octanol–water partition coefficient (Wildman–Crippen LogP) is -0.353. The summed E-state index contributed by atoms with van der Waals surface area (Å²) in [6.45, 7) is 5.20. The molecule has 0 unspecified atom stereocenters. The zero-order valence-corrected chi connectivity index (χ0v) is 9.03. The van der Waals surface area contributed by atoms with Gasteiger partial charge >= 0.3 is 5.97 Å². The maximum absolute atomic E-state index is 11.2. The van der Waals surface area contributed by atoms with Gasteiger partial charge in [0.15, 0.2) is 0 Å². The van der Waals surface area contributed by atoms with Crippen LogP contribution in [0.15, 0.2) is 0 Å². The molecule has 5 nitrogen and oxygen atoms in total. The molecule has 3 N–H and O–H groups in total. The number of amides is 1. The van der Waals surface area contributed by atoms with Crippen molar-refractivity contribution < 1.29 is 14.3 Å². The molecule has 2 atom stereocenters. The summed E-state index contributed by atoms with van der Waals surface area (Å²) in [5.74, 6) is -0.826. The van der Waals surface area contributed by atoms with Crippen LogP contribution < -0.4 is 11.1 Å². The number of hydrogen-bond donors (Lipinski definition) is 2. The summed E-state index contributed by atoms with van der Waals surface area (Å²) in [5, 5.41) is 2.53. The van der Waals surface area contributed by atoms with Crippen LogP contribution in [0.3, 0.4) is 0 Å². The molecule has 14 heavy (non-hydrogen) atoms. The molecule has 0 heterocycles. The van der Waals surface area contributed by atoms with E-state index in [0.29, 0.717) is 0 Å². The smallest absolute Gasteiger partial charge is 0.328 e. The number of carbonyl (C=O) groups is 2. The van der Waals surface area contributed by atoms with Crippen molar-refractivity contribution in [2.45, 2.75) is 32.9 Å². The molecular formula is C9H18N2O3. The number of nitrogens with one attached hydrogen (secondary N) is 1. The van der Waals surface area contributed by atoms with Gasteiger partial charge in [0.25, 0.3) is 0 Å². The van der Waals surface area contributed by atoms with Gasteiger partial charge in [-0.05, 0) is 12.8 Å². The third kappa shape index (κ3) is 3.74. The van der Waals surface area contributed by atoms with Crippen LogP contribution in [-0.2, 0) is 14.3 Å². The first-order valence-corrected chi connectivity index (χ1v) is 4.54. The van der Waals surface area contributed by atoms with Crippen molar-refractivity contribution in [3.63, 3.8) is 0 Å². The van der Waals surface area contributed by atoms with Gasteiger partial charge in [-0.2, -0.15) is 0 Å². The SMILES string of the molecule is COC(=O)[C@H](NC(=O)[C@@H](C)N)C(C)C. The Morgan fingerprint density at radius 3 is 2.07 bits per heavy atom. The monoisotopic (exact) mass is 202 g/mol. The van der Waals surface area contributed by atoms with Crippen LogP contribution in [0.1, 0.15) is 20.8 Å². The minimum atomic E-state index is -0.626. The maximum Gasteiger partial charge on any atom is 0.328 e. The van der Waals surface area contributed by atoms with Gasteiger partial charge in [0.05, 0.1) is 13.2 Å². The van der Waals surface area contributed by atoms with Gasteiger partial charge in [-0.3, -0.25) is 4.79 Å². The van der Waals surface area contributed by atoms with Crippen LogP contribution in [0, 0.1) is 5.92 Å². The number of rotatable bonds is 4. The van der Waals surface area contributed by atoms with Crippen molar-refractivity contribution in [2.24, 2.45) is 11.7 Å². The molecule has 0 saturated carbocycles. The molecule has 1 amide bonds. The lowest BCUT2D eigenvalue weighted by Crippen LogP contribution is -2.50. The zero-order chi connectivity index (χ0) is 11.3. The molecule has 5 heteroatoms. The van der Waals surface area contributed by atoms with Crippen LogP contribution in [0.25, 0.3) is 0 Å². The van der Waals surface area contributed by atoms with Crippen LogP contribution in [0.4, 0.5) is 0 Å². The second-order valence-electron chi connectivity index (χ2n) is 3.54. The first kappa shape index (κ1) is 12.9. The molecule has 0 bridgehead atoms.